The number of carbonyl (C=O) groups excluding carboxylic acids is 1. The van der Waals surface area contributed by atoms with E-state index in [1.54, 1.807) is 11.3 Å². The van der Waals surface area contributed by atoms with Crippen molar-refractivity contribution in [2.24, 2.45) is 0 Å². The van der Waals surface area contributed by atoms with E-state index in [2.05, 4.69) is 36.2 Å². The Morgan fingerprint density at radius 2 is 2.16 bits per heavy atom. The summed E-state index contributed by atoms with van der Waals surface area (Å²) in [4.78, 5) is 37.5. The van der Waals surface area contributed by atoms with Crippen LogP contribution < -0.4 is 5.56 Å². The predicted molar refractivity (Wildman–Crippen MR) is 128 cm³/mol. The molecule has 3 heterocycles. The Bertz CT molecular complexity index is 1180. The Hall–Kier alpha value is -2.12. The number of aromatic amines is 1. The van der Waals surface area contributed by atoms with Crippen LogP contribution in [0, 0.1) is 6.92 Å². The summed E-state index contributed by atoms with van der Waals surface area (Å²) >= 11 is 3.21. The molecule has 1 aromatic carbocycles. The molecule has 1 saturated heterocycles. The number of nitrogens with zero attached hydrogens (tertiary/aromatic N) is 2. The molecular weight excluding hydrogens is 426 g/mol. The van der Waals surface area contributed by atoms with Gasteiger partial charge in [-0.2, -0.15) is 0 Å². The van der Waals surface area contributed by atoms with Gasteiger partial charge in [-0.25, -0.2) is 4.98 Å². The molecule has 5 nitrogen and oxygen atoms in total. The first kappa shape index (κ1) is 20.8. The van der Waals surface area contributed by atoms with E-state index in [4.69, 9.17) is 4.98 Å². The number of rotatable bonds is 5. The van der Waals surface area contributed by atoms with Crippen LogP contribution in [-0.2, 0) is 23.4 Å². The van der Waals surface area contributed by atoms with Gasteiger partial charge in [0.25, 0.3) is 5.56 Å². The SMILES string of the molecule is Cc1cccc(C2CCCN2C(=O)CSCc2nc3sc4c(c3c(=O)[nH]2)CCCC4)c1. The summed E-state index contributed by atoms with van der Waals surface area (Å²) in [5.41, 5.74) is 3.65. The molecule has 3 aromatic rings. The molecule has 1 aliphatic carbocycles. The number of amides is 1. The lowest BCUT2D eigenvalue weighted by atomic mass is 9.97. The molecule has 0 spiro atoms. The van der Waals surface area contributed by atoms with Gasteiger partial charge in [0.1, 0.15) is 10.7 Å². The first-order valence-corrected chi connectivity index (χ1v) is 13.0. The summed E-state index contributed by atoms with van der Waals surface area (Å²) in [5.74, 6) is 1.79. The van der Waals surface area contributed by atoms with Crippen LogP contribution in [0.4, 0.5) is 0 Å². The number of aromatic nitrogens is 2. The summed E-state index contributed by atoms with van der Waals surface area (Å²) in [6, 6.07) is 8.66. The molecule has 0 saturated carbocycles. The van der Waals surface area contributed by atoms with Gasteiger partial charge in [0.15, 0.2) is 0 Å². The number of nitrogens with one attached hydrogen (secondary N) is 1. The summed E-state index contributed by atoms with van der Waals surface area (Å²) in [7, 11) is 0. The number of aryl methyl sites for hydroxylation is 3. The average molecular weight is 454 g/mol. The smallest absolute Gasteiger partial charge is 0.259 e. The van der Waals surface area contributed by atoms with Crippen molar-refractivity contribution in [2.75, 3.05) is 12.3 Å². The highest BCUT2D eigenvalue weighted by Crippen LogP contribution is 2.34. The topological polar surface area (TPSA) is 66.1 Å². The first-order chi connectivity index (χ1) is 15.1. The molecule has 1 amide bonds. The number of likely N-dealkylation sites (tertiary alicyclic amines) is 1. The predicted octanol–water partition coefficient (Wildman–Crippen LogP) is 4.77. The third kappa shape index (κ3) is 4.17. The molecule has 1 aliphatic heterocycles. The van der Waals surface area contributed by atoms with E-state index in [0.717, 1.165) is 48.9 Å². The van der Waals surface area contributed by atoms with E-state index in [0.29, 0.717) is 17.3 Å². The summed E-state index contributed by atoms with van der Waals surface area (Å²) in [5, 5.41) is 0.794. The Kier molecular flexibility index (Phi) is 5.89. The molecule has 1 N–H and O–H groups in total. The maximum atomic E-state index is 12.9. The quantitative estimate of drug-likeness (QED) is 0.604. The minimum atomic E-state index is -0.0228. The Balaban J connectivity index is 1.25. The maximum absolute atomic E-state index is 12.9. The zero-order valence-electron chi connectivity index (χ0n) is 17.8. The third-order valence-corrected chi connectivity index (χ3v) is 8.45. The lowest BCUT2D eigenvalue weighted by Gasteiger charge is -2.25. The van der Waals surface area contributed by atoms with Crippen LogP contribution in [0.3, 0.4) is 0 Å². The molecule has 2 aromatic heterocycles. The minimum Gasteiger partial charge on any atom is -0.335 e. The third-order valence-electron chi connectivity index (χ3n) is 6.34. The van der Waals surface area contributed by atoms with Gasteiger partial charge in [-0.3, -0.25) is 9.59 Å². The highest BCUT2D eigenvalue weighted by molar-refractivity contribution is 7.99. The van der Waals surface area contributed by atoms with Gasteiger partial charge < -0.3 is 9.88 Å². The van der Waals surface area contributed by atoms with Crippen LogP contribution in [0.15, 0.2) is 29.1 Å². The van der Waals surface area contributed by atoms with Crippen LogP contribution in [0.5, 0.6) is 0 Å². The number of hydrogen-bond acceptors (Lipinski definition) is 5. The lowest BCUT2D eigenvalue weighted by Crippen LogP contribution is -2.32. The number of H-pyrrole nitrogens is 1. The molecule has 0 bridgehead atoms. The highest BCUT2D eigenvalue weighted by Gasteiger charge is 2.29. The summed E-state index contributed by atoms with van der Waals surface area (Å²) in [6.45, 7) is 2.91. The van der Waals surface area contributed by atoms with Gasteiger partial charge in [-0.05, 0) is 56.6 Å². The van der Waals surface area contributed by atoms with Crippen LogP contribution in [0.2, 0.25) is 0 Å². The van der Waals surface area contributed by atoms with Crippen molar-refractivity contribution < 1.29 is 4.79 Å². The van der Waals surface area contributed by atoms with Crippen molar-refractivity contribution >= 4 is 39.2 Å². The summed E-state index contributed by atoms with van der Waals surface area (Å²) in [6.07, 6.45) is 6.46. The van der Waals surface area contributed by atoms with E-state index >= 15 is 0 Å². The van der Waals surface area contributed by atoms with Gasteiger partial charge in [0.2, 0.25) is 5.91 Å². The zero-order valence-corrected chi connectivity index (χ0v) is 19.4. The van der Waals surface area contributed by atoms with Gasteiger partial charge in [0.05, 0.1) is 22.9 Å². The van der Waals surface area contributed by atoms with E-state index in [-0.39, 0.29) is 17.5 Å². The first-order valence-electron chi connectivity index (χ1n) is 11.1. The molecule has 7 heteroatoms. The second-order valence-corrected chi connectivity index (χ2v) is 10.6. The maximum Gasteiger partial charge on any atom is 0.259 e. The Labute approximate surface area is 190 Å². The van der Waals surface area contributed by atoms with Gasteiger partial charge in [-0.1, -0.05) is 29.8 Å². The zero-order chi connectivity index (χ0) is 21.4. The van der Waals surface area contributed by atoms with E-state index < -0.39 is 0 Å². The molecule has 31 heavy (non-hydrogen) atoms. The molecule has 2 aliphatic rings. The van der Waals surface area contributed by atoms with Crippen molar-refractivity contribution in [1.82, 2.24) is 14.9 Å². The van der Waals surface area contributed by atoms with Gasteiger partial charge >= 0.3 is 0 Å². The van der Waals surface area contributed by atoms with Crippen LogP contribution in [0.25, 0.3) is 10.2 Å². The highest BCUT2D eigenvalue weighted by atomic mass is 32.2. The average Bonchev–Trinajstić information content (AvgIpc) is 3.38. The summed E-state index contributed by atoms with van der Waals surface area (Å²) < 4.78 is 0. The van der Waals surface area contributed by atoms with E-state index in [9.17, 15) is 9.59 Å². The van der Waals surface area contributed by atoms with Crippen LogP contribution >= 0.6 is 23.1 Å². The van der Waals surface area contributed by atoms with Crippen molar-refractivity contribution in [3.8, 4) is 0 Å². The normalized spacial score (nSPS) is 18.5. The molecule has 5 rings (SSSR count). The van der Waals surface area contributed by atoms with Crippen molar-refractivity contribution in [2.45, 2.75) is 57.2 Å². The Morgan fingerprint density at radius 3 is 3.03 bits per heavy atom. The largest absolute Gasteiger partial charge is 0.335 e. The van der Waals surface area contributed by atoms with Crippen LogP contribution in [0.1, 0.15) is 59.1 Å². The fraction of sp³-hybridized carbons (Fsp3) is 0.458. The van der Waals surface area contributed by atoms with E-state index in [1.165, 1.54) is 39.8 Å². The fourth-order valence-electron chi connectivity index (χ4n) is 4.88. The minimum absolute atomic E-state index is 0.0228. The van der Waals surface area contributed by atoms with Gasteiger partial charge in [0, 0.05) is 11.4 Å². The van der Waals surface area contributed by atoms with Crippen molar-refractivity contribution in [3.05, 3.63) is 62.0 Å². The molecule has 1 fully saturated rings. The van der Waals surface area contributed by atoms with Crippen molar-refractivity contribution in [3.63, 3.8) is 0 Å². The molecule has 0 radical (unpaired) electrons. The number of thiophene rings is 1. The molecule has 1 atom stereocenters. The van der Waals surface area contributed by atoms with Gasteiger partial charge in [-0.15, -0.1) is 23.1 Å². The van der Waals surface area contributed by atoms with Crippen LogP contribution in [-0.4, -0.2) is 33.1 Å². The number of thioether (sulfide) groups is 1. The fourth-order valence-corrected chi connectivity index (χ4v) is 6.94. The molecular formula is C24H27N3O2S2. The molecule has 162 valence electrons. The number of carbonyl (C=O) groups is 1. The second-order valence-electron chi connectivity index (χ2n) is 8.56. The number of benzene rings is 1. The lowest BCUT2D eigenvalue weighted by molar-refractivity contribution is -0.129. The second kappa shape index (κ2) is 8.79. The molecule has 1 unspecified atom stereocenters. The standard InChI is InChI=1S/C24H27N3O2S2/c1-15-6-4-7-16(12-15)18-9-5-11-27(18)21(28)14-30-13-20-25-23(29)22-17-8-2-3-10-19(17)31-24(22)26-20/h4,6-7,12,18H,2-3,5,8-11,13-14H2,1H3,(H,25,26,29). The van der Waals surface area contributed by atoms with E-state index in [1.807, 2.05) is 4.90 Å². The number of fused-ring (bicyclic) bond motifs is 3. The van der Waals surface area contributed by atoms with Crippen molar-refractivity contribution in [1.29, 1.82) is 0 Å². The monoisotopic (exact) mass is 453 g/mol. The Morgan fingerprint density at radius 1 is 1.29 bits per heavy atom. The number of hydrogen-bond donors (Lipinski definition) is 1.